The van der Waals surface area contributed by atoms with Crippen LogP contribution in [-0.2, 0) is 14.3 Å². The summed E-state index contributed by atoms with van der Waals surface area (Å²) in [4.78, 5) is 12.7. The zero-order chi connectivity index (χ0) is 19.8. The highest BCUT2D eigenvalue weighted by Crippen LogP contribution is 2.71. The van der Waals surface area contributed by atoms with E-state index in [4.69, 9.17) is 9.47 Å². The molecule has 1 spiro atoms. The SMILES string of the molecule is C=C1CC[C@@H]2O[C@]2(CO)C[C@@H]2O[C@@]23[C@H](C(C)(C)O)CC[C@@]3(C)[C@@H](C(C)=O)C1. The van der Waals surface area contributed by atoms with Gasteiger partial charge in [0.1, 0.15) is 17.0 Å². The van der Waals surface area contributed by atoms with Crippen molar-refractivity contribution in [3.63, 3.8) is 0 Å². The number of Topliss-reactive ketones (excluding diaryl/α,β-unsaturated/α-hetero) is 1. The van der Waals surface area contributed by atoms with E-state index < -0.39 is 16.8 Å². The minimum absolute atomic E-state index is 0.0138. The second-order valence-corrected chi connectivity index (χ2v) is 10.3. The molecule has 27 heavy (non-hydrogen) atoms. The van der Waals surface area contributed by atoms with Gasteiger partial charge in [-0.15, -0.1) is 0 Å². The third-order valence-electron chi connectivity index (χ3n) is 8.19. The molecule has 2 aliphatic heterocycles. The topological polar surface area (TPSA) is 82.6 Å². The molecule has 4 fully saturated rings. The number of ether oxygens (including phenoxy) is 2. The van der Waals surface area contributed by atoms with Crippen LogP contribution in [0.15, 0.2) is 12.2 Å². The Labute approximate surface area is 162 Å². The molecular weight excluding hydrogens is 344 g/mol. The van der Waals surface area contributed by atoms with Crippen molar-refractivity contribution in [3.8, 4) is 0 Å². The first-order valence-corrected chi connectivity index (χ1v) is 10.4. The Morgan fingerprint density at radius 1 is 1.30 bits per heavy atom. The molecule has 4 aliphatic rings. The zero-order valence-corrected chi connectivity index (χ0v) is 17.1. The van der Waals surface area contributed by atoms with Crippen LogP contribution in [0, 0.1) is 17.3 Å². The van der Waals surface area contributed by atoms with Crippen molar-refractivity contribution in [1.82, 2.24) is 0 Å². The maximum Gasteiger partial charge on any atom is 0.133 e. The normalized spacial score (nSPS) is 49.5. The van der Waals surface area contributed by atoms with Crippen LogP contribution >= 0.6 is 0 Å². The standard InChI is InChI=1S/C22H34O5/c1-13-6-7-17-21(12-23,26-17)11-18-22(27-18)16(19(3,4)25)8-9-20(22,5)15(10-13)14(2)24/h15-18,23,25H,1,6-12H2,2-5H3/t15-,16+,17+,18+,20+,21+,22+/m1/s1. The maximum atomic E-state index is 12.7. The summed E-state index contributed by atoms with van der Waals surface area (Å²) in [5, 5.41) is 20.9. The summed E-state index contributed by atoms with van der Waals surface area (Å²) >= 11 is 0. The molecule has 4 rings (SSSR count). The van der Waals surface area contributed by atoms with Gasteiger partial charge >= 0.3 is 0 Å². The van der Waals surface area contributed by atoms with Crippen molar-refractivity contribution in [2.24, 2.45) is 17.3 Å². The quantitative estimate of drug-likeness (QED) is 0.583. The Morgan fingerprint density at radius 2 is 2.00 bits per heavy atom. The number of epoxide rings is 2. The number of hydrogen-bond acceptors (Lipinski definition) is 5. The number of aliphatic hydroxyl groups is 2. The largest absolute Gasteiger partial charge is 0.393 e. The first kappa shape index (κ1) is 19.6. The van der Waals surface area contributed by atoms with E-state index in [-0.39, 0.29) is 41.8 Å². The number of aliphatic hydroxyl groups excluding tert-OH is 1. The Morgan fingerprint density at radius 3 is 2.59 bits per heavy atom. The van der Waals surface area contributed by atoms with Crippen LogP contribution in [0.5, 0.6) is 0 Å². The Hall–Kier alpha value is -0.750. The summed E-state index contributed by atoms with van der Waals surface area (Å²) in [6.45, 7) is 11.8. The molecule has 0 unspecified atom stereocenters. The molecule has 2 saturated carbocycles. The number of carbonyl (C=O) groups is 1. The van der Waals surface area contributed by atoms with Crippen molar-refractivity contribution in [2.75, 3.05) is 6.61 Å². The van der Waals surface area contributed by atoms with Gasteiger partial charge in [0.05, 0.1) is 24.4 Å². The number of ketones is 1. The molecule has 0 radical (unpaired) electrons. The number of carbonyl (C=O) groups excluding carboxylic acids is 1. The van der Waals surface area contributed by atoms with Crippen LogP contribution in [0.4, 0.5) is 0 Å². The minimum atomic E-state index is -0.888. The zero-order valence-electron chi connectivity index (χ0n) is 17.1. The van der Waals surface area contributed by atoms with Gasteiger partial charge in [-0.3, -0.25) is 4.79 Å². The lowest BCUT2D eigenvalue weighted by Crippen LogP contribution is -2.50. The van der Waals surface area contributed by atoms with Crippen LogP contribution in [0.1, 0.15) is 66.2 Å². The van der Waals surface area contributed by atoms with Crippen LogP contribution in [0.25, 0.3) is 0 Å². The molecule has 0 aromatic rings. The van der Waals surface area contributed by atoms with Gasteiger partial charge in [-0.1, -0.05) is 19.1 Å². The average molecular weight is 379 g/mol. The van der Waals surface area contributed by atoms with Crippen LogP contribution in [0.2, 0.25) is 0 Å². The average Bonchev–Trinajstić information content (AvgIpc) is 3.42. The molecule has 0 aromatic carbocycles. The van der Waals surface area contributed by atoms with Gasteiger partial charge in [0, 0.05) is 23.7 Å². The molecule has 2 N–H and O–H groups in total. The molecular formula is C22H34O5. The van der Waals surface area contributed by atoms with Gasteiger partial charge in [-0.05, 0) is 52.9 Å². The van der Waals surface area contributed by atoms with Gasteiger partial charge in [-0.25, -0.2) is 0 Å². The first-order chi connectivity index (χ1) is 12.5. The highest BCUT2D eigenvalue weighted by Gasteiger charge is 2.79. The van der Waals surface area contributed by atoms with Crippen LogP contribution < -0.4 is 0 Å². The number of fused-ring (bicyclic) bond motifs is 1. The van der Waals surface area contributed by atoms with E-state index in [0.717, 1.165) is 31.3 Å². The molecule has 7 atom stereocenters. The Balaban J connectivity index is 1.77. The summed E-state index contributed by atoms with van der Waals surface area (Å²) in [5.41, 5.74) is -1.23. The van der Waals surface area contributed by atoms with Crippen molar-refractivity contribution in [3.05, 3.63) is 12.2 Å². The monoisotopic (exact) mass is 378 g/mol. The lowest BCUT2D eigenvalue weighted by atomic mass is 9.61. The predicted molar refractivity (Wildman–Crippen MR) is 101 cm³/mol. The fourth-order valence-electron chi connectivity index (χ4n) is 6.59. The second-order valence-electron chi connectivity index (χ2n) is 10.3. The summed E-state index contributed by atoms with van der Waals surface area (Å²) in [7, 11) is 0. The van der Waals surface area contributed by atoms with Gasteiger partial charge in [0.15, 0.2) is 0 Å². The molecule has 0 amide bonds. The molecule has 2 aliphatic carbocycles. The van der Waals surface area contributed by atoms with E-state index in [0.29, 0.717) is 12.8 Å². The molecule has 2 saturated heterocycles. The van der Waals surface area contributed by atoms with Crippen molar-refractivity contribution < 1.29 is 24.5 Å². The molecule has 5 heteroatoms. The van der Waals surface area contributed by atoms with Crippen molar-refractivity contribution >= 4 is 5.78 Å². The minimum Gasteiger partial charge on any atom is -0.393 e. The fourth-order valence-corrected chi connectivity index (χ4v) is 6.59. The molecule has 5 nitrogen and oxygen atoms in total. The number of hydrogen-bond donors (Lipinski definition) is 2. The summed E-state index contributed by atoms with van der Waals surface area (Å²) in [6.07, 6.45) is 4.58. The predicted octanol–water partition coefficient (Wildman–Crippen LogP) is 2.78. The van der Waals surface area contributed by atoms with E-state index in [9.17, 15) is 15.0 Å². The molecule has 0 aromatic heterocycles. The summed E-state index contributed by atoms with van der Waals surface area (Å²) in [6, 6.07) is 0. The van der Waals surface area contributed by atoms with E-state index in [1.807, 2.05) is 13.8 Å². The van der Waals surface area contributed by atoms with Gasteiger partial charge in [0.2, 0.25) is 0 Å². The highest BCUT2D eigenvalue weighted by atomic mass is 16.6. The number of allylic oxidation sites excluding steroid dienone is 1. The van der Waals surface area contributed by atoms with Gasteiger partial charge < -0.3 is 19.7 Å². The first-order valence-electron chi connectivity index (χ1n) is 10.4. The van der Waals surface area contributed by atoms with Gasteiger partial charge in [-0.2, -0.15) is 0 Å². The van der Waals surface area contributed by atoms with E-state index in [2.05, 4.69) is 13.5 Å². The maximum absolute atomic E-state index is 12.7. The number of rotatable bonds is 3. The van der Waals surface area contributed by atoms with Gasteiger partial charge in [0.25, 0.3) is 0 Å². The molecule has 2 heterocycles. The van der Waals surface area contributed by atoms with Crippen LogP contribution in [-0.4, -0.2) is 51.6 Å². The van der Waals surface area contributed by atoms with E-state index in [1.54, 1.807) is 6.92 Å². The third-order valence-corrected chi connectivity index (χ3v) is 8.19. The lowest BCUT2D eigenvalue weighted by Gasteiger charge is -2.41. The van der Waals surface area contributed by atoms with E-state index >= 15 is 0 Å². The summed E-state index contributed by atoms with van der Waals surface area (Å²) in [5.74, 6) is -0.00668. The highest BCUT2D eigenvalue weighted by molar-refractivity contribution is 5.80. The Kier molecular flexibility index (Phi) is 4.26. The third kappa shape index (κ3) is 2.69. The fraction of sp³-hybridized carbons (Fsp3) is 0.864. The second kappa shape index (κ2) is 5.88. The molecule has 152 valence electrons. The van der Waals surface area contributed by atoms with Crippen LogP contribution in [0.3, 0.4) is 0 Å². The lowest BCUT2D eigenvalue weighted by molar-refractivity contribution is -0.127. The Bertz CT molecular complexity index is 666. The summed E-state index contributed by atoms with van der Waals surface area (Å²) < 4.78 is 12.4. The smallest absolute Gasteiger partial charge is 0.133 e. The van der Waals surface area contributed by atoms with Crippen molar-refractivity contribution in [2.45, 2.75) is 95.2 Å². The van der Waals surface area contributed by atoms with Crippen molar-refractivity contribution in [1.29, 1.82) is 0 Å². The molecule has 0 bridgehead atoms. The van der Waals surface area contributed by atoms with E-state index in [1.165, 1.54) is 0 Å².